The zero-order chi connectivity index (χ0) is 27.7. The number of carbonyl (C=O) groups is 5. The van der Waals surface area contributed by atoms with Crippen LogP contribution < -0.4 is 11.1 Å². The number of nitrogens with zero attached hydrogens (tertiary/aromatic N) is 3. The lowest BCUT2D eigenvalue weighted by Gasteiger charge is -2.53. The van der Waals surface area contributed by atoms with Gasteiger partial charge in [0.1, 0.15) is 36.2 Å². The Hall–Kier alpha value is -4.18. The fourth-order valence-corrected chi connectivity index (χ4v) is 6.42. The van der Waals surface area contributed by atoms with Gasteiger partial charge in [-0.05, 0) is 6.07 Å². The topological polar surface area (TPSA) is 189 Å². The first kappa shape index (κ1) is 26.4. The molecule has 3 aliphatic heterocycles. The van der Waals surface area contributed by atoms with Gasteiger partial charge in [-0.15, -0.1) is 23.1 Å². The summed E-state index contributed by atoms with van der Waals surface area (Å²) in [7, 11) is 1.28. The highest BCUT2D eigenvalue weighted by Crippen LogP contribution is 2.44. The predicted molar refractivity (Wildman–Crippen MR) is 134 cm³/mol. The third kappa shape index (κ3) is 4.87. The van der Waals surface area contributed by atoms with Gasteiger partial charge in [-0.2, -0.15) is 0 Å². The zero-order valence-electron chi connectivity index (χ0n) is 20.2. The Labute approximate surface area is 228 Å². The maximum Gasteiger partial charge on any atom is 0.404 e. The van der Waals surface area contributed by atoms with E-state index in [0.29, 0.717) is 11.3 Å². The molecule has 0 bridgehead atoms. The van der Waals surface area contributed by atoms with Crippen LogP contribution in [-0.2, 0) is 33.4 Å². The average Bonchev–Trinajstić information content (AvgIpc) is 3.57. The van der Waals surface area contributed by atoms with E-state index in [1.807, 2.05) is 0 Å². The van der Waals surface area contributed by atoms with Crippen molar-refractivity contribution in [2.75, 3.05) is 26.0 Å². The second-order valence-electron chi connectivity index (χ2n) is 8.73. The summed E-state index contributed by atoms with van der Waals surface area (Å²) in [5.74, 6) is -2.56. The lowest BCUT2D eigenvalue weighted by Crippen LogP contribution is -2.74. The van der Waals surface area contributed by atoms with E-state index in [-0.39, 0.29) is 23.6 Å². The first-order valence-electron chi connectivity index (χ1n) is 11.4. The molecule has 4 atom stereocenters. The molecule has 39 heavy (non-hydrogen) atoms. The molecule has 0 spiro atoms. The summed E-state index contributed by atoms with van der Waals surface area (Å²) >= 11 is 2.45. The number of thioether (sulfide) groups is 1. The minimum Gasteiger partial charge on any atom is -0.448 e. The van der Waals surface area contributed by atoms with Crippen molar-refractivity contribution in [2.45, 2.75) is 17.7 Å². The molecule has 14 nitrogen and oxygen atoms in total. The number of ether oxygens (including phenoxy) is 3. The predicted octanol–water partition coefficient (Wildman–Crippen LogP) is 0.388. The van der Waals surface area contributed by atoms with Crippen molar-refractivity contribution in [3.63, 3.8) is 0 Å². The molecule has 2 aromatic rings. The largest absolute Gasteiger partial charge is 0.448 e. The maximum atomic E-state index is 13.4. The smallest absolute Gasteiger partial charge is 0.404 e. The summed E-state index contributed by atoms with van der Waals surface area (Å²) in [6, 6.07) is 5.55. The number of primary amides is 1. The molecular weight excluding hydrogens is 554 g/mol. The second kappa shape index (κ2) is 10.5. The number of benzene rings is 1. The van der Waals surface area contributed by atoms with Crippen LogP contribution in [0.2, 0.25) is 0 Å². The number of amides is 3. The highest BCUT2D eigenvalue weighted by molar-refractivity contribution is 8.00. The number of hydrogen-bond donors (Lipinski definition) is 2. The summed E-state index contributed by atoms with van der Waals surface area (Å²) in [6.45, 7) is -0.659. The molecule has 0 aliphatic carbocycles. The normalized spacial score (nSPS) is 25.5. The molecular formula is C23H21N5O9S2. The van der Waals surface area contributed by atoms with Crippen molar-refractivity contribution in [1.29, 1.82) is 0 Å². The molecule has 4 heterocycles. The van der Waals surface area contributed by atoms with Gasteiger partial charge in [0.2, 0.25) is 5.91 Å². The molecule has 3 N–H and O–H groups in total. The van der Waals surface area contributed by atoms with E-state index < -0.39 is 59.6 Å². The zero-order valence-corrected chi connectivity index (χ0v) is 21.9. The van der Waals surface area contributed by atoms with Gasteiger partial charge in [-0.1, -0.05) is 23.4 Å². The van der Waals surface area contributed by atoms with Crippen LogP contribution in [0.15, 0.2) is 40.3 Å². The van der Waals surface area contributed by atoms with Crippen LogP contribution in [0.3, 0.4) is 0 Å². The molecule has 1 aromatic carbocycles. The number of rotatable bonds is 8. The number of β-lactam (4-membered cyclic amide) rings is 1. The van der Waals surface area contributed by atoms with E-state index in [4.69, 9.17) is 24.8 Å². The van der Waals surface area contributed by atoms with Crippen LogP contribution in [0.4, 0.5) is 4.79 Å². The molecule has 1 aromatic heterocycles. The average molecular weight is 576 g/mol. The summed E-state index contributed by atoms with van der Waals surface area (Å²) in [5.41, 5.74) is 6.00. The summed E-state index contributed by atoms with van der Waals surface area (Å²) in [6.07, 6.45) is -2.41. The number of thiazole rings is 1. The van der Waals surface area contributed by atoms with Crippen LogP contribution in [0.5, 0.6) is 0 Å². The Morgan fingerprint density at radius 1 is 1.31 bits per heavy atom. The molecule has 16 heteroatoms. The SMILES string of the molecule is CON=C(C(=O)NC1C(=O)N2CC(COC(N)=O)(C(=O)OC3OC(=O)c4ccccc43)CS[C@H]12)c1cscn1. The Morgan fingerprint density at radius 3 is 2.82 bits per heavy atom. The first-order chi connectivity index (χ1) is 18.7. The quantitative estimate of drug-likeness (QED) is 0.192. The number of cyclic esters (lactones) is 1. The Kier molecular flexibility index (Phi) is 7.14. The number of aromatic nitrogens is 1. The van der Waals surface area contributed by atoms with Crippen LogP contribution in [0.1, 0.15) is 27.9 Å². The van der Waals surface area contributed by atoms with Gasteiger partial charge < -0.3 is 35.0 Å². The highest BCUT2D eigenvalue weighted by atomic mass is 32.2. The van der Waals surface area contributed by atoms with Gasteiger partial charge in [0.15, 0.2) is 5.71 Å². The standard InChI is InChI=1S/C23H21N5O9S2/c1-34-27-14(13-6-38-10-25-13)16(29)26-15-17(30)28-7-23(8-35-22(24)33,9-39-18(15)28)21(32)37-20-12-5-3-2-4-11(12)19(31)36-20/h2-6,10,15,18,20H,7-9H2,1H3,(H2,24,33)(H,26,29)/t15?,18-,20?,23?/m1/s1. The van der Waals surface area contributed by atoms with Crippen LogP contribution in [-0.4, -0.2) is 82.9 Å². The van der Waals surface area contributed by atoms with Crippen molar-refractivity contribution in [3.05, 3.63) is 52.0 Å². The number of fused-ring (bicyclic) bond motifs is 2. The first-order valence-corrected chi connectivity index (χ1v) is 13.4. The van der Waals surface area contributed by atoms with Crippen molar-refractivity contribution >= 4 is 58.7 Å². The van der Waals surface area contributed by atoms with Crippen molar-refractivity contribution in [2.24, 2.45) is 16.3 Å². The molecule has 3 aliphatic rings. The molecule has 2 saturated heterocycles. The number of nitrogens with one attached hydrogen (secondary N) is 1. The van der Waals surface area contributed by atoms with Gasteiger partial charge in [0.25, 0.3) is 12.2 Å². The van der Waals surface area contributed by atoms with Crippen molar-refractivity contribution in [1.82, 2.24) is 15.2 Å². The molecule has 0 radical (unpaired) electrons. The lowest BCUT2D eigenvalue weighted by molar-refractivity contribution is -0.184. The van der Waals surface area contributed by atoms with Gasteiger partial charge in [-0.25, -0.2) is 14.6 Å². The van der Waals surface area contributed by atoms with Crippen molar-refractivity contribution < 1.29 is 43.0 Å². The van der Waals surface area contributed by atoms with Gasteiger partial charge >= 0.3 is 18.0 Å². The minimum absolute atomic E-state index is 0.0490. The molecule has 3 unspecified atom stereocenters. The van der Waals surface area contributed by atoms with Crippen LogP contribution >= 0.6 is 23.1 Å². The molecule has 5 rings (SSSR count). The summed E-state index contributed by atoms with van der Waals surface area (Å²) in [5, 5.41) is 7.47. The molecule has 204 valence electrons. The second-order valence-corrected chi connectivity index (χ2v) is 10.6. The number of esters is 2. The molecule has 2 fully saturated rings. The minimum atomic E-state index is -1.51. The van der Waals surface area contributed by atoms with Gasteiger partial charge in [-0.3, -0.25) is 14.4 Å². The van der Waals surface area contributed by atoms with Crippen LogP contribution in [0, 0.1) is 5.41 Å². The van der Waals surface area contributed by atoms with Crippen molar-refractivity contribution in [3.8, 4) is 0 Å². The summed E-state index contributed by atoms with van der Waals surface area (Å²) < 4.78 is 15.7. The van der Waals surface area contributed by atoms with E-state index in [9.17, 15) is 24.0 Å². The highest BCUT2D eigenvalue weighted by Gasteiger charge is 2.59. The fraction of sp³-hybridized carbons (Fsp3) is 0.348. The number of oxime groups is 1. The Balaban J connectivity index is 1.30. The third-order valence-corrected chi connectivity index (χ3v) is 8.46. The van der Waals surface area contributed by atoms with Gasteiger partial charge in [0.05, 0.1) is 11.1 Å². The maximum absolute atomic E-state index is 13.4. The Morgan fingerprint density at radius 2 is 2.10 bits per heavy atom. The van der Waals surface area contributed by atoms with E-state index in [0.717, 1.165) is 0 Å². The number of nitrogens with two attached hydrogens (primary N) is 1. The third-order valence-electron chi connectivity index (χ3n) is 6.29. The monoisotopic (exact) mass is 575 g/mol. The number of hydrogen-bond acceptors (Lipinski definition) is 13. The van der Waals surface area contributed by atoms with E-state index in [1.165, 1.54) is 40.6 Å². The molecule has 0 saturated carbocycles. The molecule has 3 amide bonds. The Bertz CT molecular complexity index is 1370. The number of carbonyl (C=O) groups excluding carboxylic acids is 5. The summed E-state index contributed by atoms with van der Waals surface area (Å²) in [4.78, 5) is 73.1. The van der Waals surface area contributed by atoms with E-state index >= 15 is 0 Å². The lowest BCUT2D eigenvalue weighted by atomic mass is 9.87. The van der Waals surface area contributed by atoms with E-state index in [2.05, 4.69) is 15.5 Å². The van der Waals surface area contributed by atoms with E-state index in [1.54, 1.807) is 29.6 Å². The van der Waals surface area contributed by atoms with Gasteiger partial charge in [0, 0.05) is 23.2 Å². The van der Waals surface area contributed by atoms with Crippen LogP contribution in [0.25, 0.3) is 0 Å². The fourth-order valence-electron chi connectivity index (χ4n) is 4.36.